The molecule has 6 nitrogen and oxygen atoms in total. The van der Waals surface area contributed by atoms with Gasteiger partial charge >= 0.3 is 0 Å². The number of para-hydroxylation sites is 1. The molecular formula is C57H40N6. The summed E-state index contributed by atoms with van der Waals surface area (Å²) in [4.78, 5) is 15.2. The SMILES string of the molecule is Cc1ccnc(-n2c3ccc(-c4ccc5ccccc5n4)cc3c3cc4c5c(c32)CCc2cc3c6cc(-c7ccc8ccccn78)ccc6n(-c6cc(C)ccn6)c3c(c2-5)CC4)c1. The summed E-state index contributed by atoms with van der Waals surface area (Å²) >= 11 is 0. The molecule has 14 rings (SSSR count). The summed E-state index contributed by atoms with van der Waals surface area (Å²) in [5, 5.41) is 6.26. The van der Waals surface area contributed by atoms with E-state index in [1.165, 1.54) is 105 Å². The van der Waals surface area contributed by atoms with Gasteiger partial charge in [-0.05, 0) is 187 Å². The summed E-state index contributed by atoms with van der Waals surface area (Å²) in [6.07, 6.45) is 9.92. The van der Waals surface area contributed by atoms with Crippen LogP contribution in [-0.2, 0) is 25.7 Å². The monoisotopic (exact) mass is 808 g/mol. The number of nitrogens with zero attached hydrogens (tertiary/aromatic N) is 6. The molecule has 0 atom stereocenters. The van der Waals surface area contributed by atoms with Gasteiger partial charge in [0.05, 0.1) is 39.0 Å². The van der Waals surface area contributed by atoms with Crippen LogP contribution in [-0.4, -0.2) is 28.5 Å². The largest absolute Gasteiger partial charge is 0.317 e. The van der Waals surface area contributed by atoms with Crippen molar-refractivity contribution < 1.29 is 0 Å². The summed E-state index contributed by atoms with van der Waals surface area (Å²) in [5.74, 6) is 1.92. The molecule has 5 aromatic carbocycles. The highest BCUT2D eigenvalue weighted by Crippen LogP contribution is 2.51. The maximum absolute atomic E-state index is 5.12. The molecule has 12 aromatic rings. The van der Waals surface area contributed by atoms with E-state index < -0.39 is 0 Å². The average molecular weight is 809 g/mol. The van der Waals surface area contributed by atoms with Gasteiger partial charge in [-0.2, -0.15) is 0 Å². The smallest absolute Gasteiger partial charge is 0.137 e. The Bertz CT molecular complexity index is 3950. The minimum Gasteiger partial charge on any atom is -0.317 e. The molecule has 0 spiro atoms. The third-order valence-electron chi connectivity index (χ3n) is 14.0. The number of aryl methyl sites for hydroxylation is 6. The zero-order chi connectivity index (χ0) is 41.5. The van der Waals surface area contributed by atoms with Crippen LogP contribution in [0.5, 0.6) is 0 Å². The lowest BCUT2D eigenvalue weighted by molar-refractivity contribution is 0.881. The van der Waals surface area contributed by atoms with Crippen LogP contribution in [0.4, 0.5) is 0 Å². The van der Waals surface area contributed by atoms with E-state index in [0.29, 0.717) is 0 Å². The van der Waals surface area contributed by atoms with E-state index in [1.807, 2.05) is 12.4 Å². The highest BCUT2D eigenvalue weighted by atomic mass is 15.1. The van der Waals surface area contributed by atoms with Gasteiger partial charge in [0.2, 0.25) is 0 Å². The molecule has 0 radical (unpaired) electrons. The van der Waals surface area contributed by atoms with Crippen LogP contribution in [0, 0.1) is 13.8 Å². The summed E-state index contributed by atoms with van der Waals surface area (Å²) in [6, 6.07) is 51.2. The molecule has 63 heavy (non-hydrogen) atoms. The van der Waals surface area contributed by atoms with Gasteiger partial charge in [-0.3, -0.25) is 9.13 Å². The standard InChI is InChI=1S/C57H40N6/c1-33-22-24-58-52(27-33)62-50-19-13-36(48-18-12-35-7-3-4-9-47(35)60-48)29-43(50)45-31-38-10-17-42-55-39(11-16-41(54(38)55)56(45)62)32-46-44-30-37(49-21-15-40-8-5-6-26-61(40)49)14-20-51(44)63(57(42)46)53-28-34(2)23-25-59-53/h3-9,12-15,18-32H,10-11,16-17H2,1-2H3. The van der Waals surface area contributed by atoms with Crippen LogP contribution in [0.1, 0.15) is 33.4 Å². The molecule has 0 unspecified atom stereocenters. The summed E-state index contributed by atoms with van der Waals surface area (Å²) < 4.78 is 7.20. The zero-order valence-electron chi connectivity index (χ0n) is 35.0. The molecule has 0 saturated heterocycles. The lowest BCUT2D eigenvalue weighted by Gasteiger charge is -2.31. The van der Waals surface area contributed by atoms with Crippen LogP contribution in [0.15, 0.2) is 158 Å². The molecule has 298 valence electrons. The molecule has 0 N–H and O–H groups in total. The van der Waals surface area contributed by atoms with Crippen LogP contribution in [0.3, 0.4) is 0 Å². The first-order chi connectivity index (χ1) is 31.0. The van der Waals surface area contributed by atoms with Crippen LogP contribution in [0.2, 0.25) is 0 Å². The first-order valence-corrected chi connectivity index (χ1v) is 22.1. The van der Waals surface area contributed by atoms with Crippen molar-refractivity contribution in [3.63, 3.8) is 0 Å². The predicted molar refractivity (Wildman–Crippen MR) is 258 cm³/mol. The molecule has 0 fully saturated rings. The molecule has 2 aliphatic carbocycles. The van der Waals surface area contributed by atoms with E-state index in [0.717, 1.165) is 59.5 Å². The summed E-state index contributed by atoms with van der Waals surface area (Å²) in [6.45, 7) is 4.33. The van der Waals surface area contributed by atoms with Crippen molar-refractivity contribution in [1.29, 1.82) is 0 Å². The minimum atomic E-state index is 0.956. The second-order valence-electron chi connectivity index (χ2n) is 17.7. The van der Waals surface area contributed by atoms with Crippen LogP contribution < -0.4 is 0 Å². The van der Waals surface area contributed by atoms with E-state index in [-0.39, 0.29) is 0 Å². The van der Waals surface area contributed by atoms with Gasteiger partial charge in [-0.1, -0.05) is 42.5 Å². The second-order valence-corrected chi connectivity index (χ2v) is 17.7. The molecule has 0 amide bonds. The molecule has 0 bridgehead atoms. The summed E-state index contributed by atoms with van der Waals surface area (Å²) in [7, 11) is 0. The van der Waals surface area contributed by atoms with Crippen molar-refractivity contribution in [3.05, 3.63) is 191 Å². The average Bonchev–Trinajstić information content (AvgIpc) is 4.00. The number of aromatic nitrogens is 6. The molecule has 7 heterocycles. The molecular weight excluding hydrogens is 769 g/mol. The number of rotatable bonds is 4. The number of hydrogen-bond acceptors (Lipinski definition) is 3. The van der Waals surface area contributed by atoms with E-state index in [1.54, 1.807) is 0 Å². The number of hydrogen-bond donors (Lipinski definition) is 0. The van der Waals surface area contributed by atoms with Gasteiger partial charge in [0.15, 0.2) is 0 Å². The van der Waals surface area contributed by atoms with E-state index in [9.17, 15) is 0 Å². The Labute approximate surface area is 363 Å². The van der Waals surface area contributed by atoms with Crippen molar-refractivity contribution in [3.8, 4) is 45.3 Å². The lowest BCUT2D eigenvalue weighted by atomic mass is 9.74. The van der Waals surface area contributed by atoms with E-state index >= 15 is 0 Å². The Morgan fingerprint density at radius 3 is 1.78 bits per heavy atom. The fraction of sp³-hybridized carbons (Fsp3) is 0.105. The van der Waals surface area contributed by atoms with Crippen molar-refractivity contribution in [1.82, 2.24) is 28.5 Å². The molecule has 2 aliphatic rings. The van der Waals surface area contributed by atoms with Gasteiger partial charge in [-0.15, -0.1) is 0 Å². The fourth-order valence-corrected chi connectivity index (χ4v) is 11.3. The van der Waals surface area contributed by atoms with E-state index in [2.05, 4.69) is 173 Å². The summed E-state index contributed by atoms with van der Waals surface area (Å²) in [5.41, 5.74) is 22.6. The highest BCUT2D eigenvalue weighted by Gasteiger charge is 2.33. The zero-order valence-corrected chi connectivity index (χ0v) is 35.0. The fourth-order valence-electron chi connectivity index (χ4n) is 11.3. The minimum absolute atomic E-state index is 0.956. The van der Waals surface area contributed by atoms with Crippen LogP contribution >= 0.6 is 0 Å². The van der Waals surface area contributed by atoms with E-state index in [4.69, 9.17) is 15.0 Å². The Balaban J connectivity index is 1.05. The molecule has 0 saturated carbocycles. The Hall–Kier alpha value is -7.83. The number of pyridine rings is 4. The topological polar surface area (TPSA) is 52.9 Å². The maximum Gasteiger partial charge on any atom is 0.137 e. The lowest BCUT2D eigenvalue weighted by Crippen LogP contribution is -2.16. The van der Waals surface area contributed by atoms with Crippen molar-refractivity contribution >= 4 is 60.0 Å². The third-order valence-corrected chi connectivity index (χ3v) is 14.0. The van der Waals surface area contributed by atoms with Gasteiger partial charge in [0.25, 0.3) is 0 Å². The maximum atomic E-state index is 5.12. The van der Waals surface area contributed by atoms with Gasteiger partial charge in [0, 0.05) is 56.6 Å². The predicted octanol–water partition coefficient (Wildman–Crippen LogP) is 13.3. The number of benzene rings is 5. The van der Waals surface area contributed by atoms with Gasteiger partial charge < -0.3 is 4.40 Å². The van der Waals surface area contributed by atoms with Crippen molar-refractivity contribution in [2.45, 2.75) is 39.5 Å². The second kappa shape index (κ2) is 12.8. The quantitative estimate of drug-likeness (QED) is 0.178. The Kier molecular flexibility index (Phi) is 7.11. The molecule has 7 aromatic heterocycles. The van der Waals surface area contributed by atoms with Gasteiger partial charge in [0.1, 0.15) is 11.6 Å². The molecule has 0 aliphatic heterocycles. The third kappa shape index (κ3) is 4.97. The first kappa shape index (κ1) is 34.8. The van der Waals surface area contributed by atoms with Crippen molar-refractivity contribution in [2.24, 2.45) is 0 Å². The Morgan fingerprint density at radius 1 is 0.492 bits per heavy atom. The Morgan fingerprint density at radius 2 is 1.11 bits per heavy atom. The molecule has 6 heteroatoms. The van der Waals surface area contributed by atoms with Crippen LogP contribution in [0.25, 0.3) is 105 Å². The normalized spacial score (nSPS) is 13.3. The van der Waals surface area contributed by atoms with Crippen molar-refractivity contribution in [2.75, 3.05) is 0 Å². The number of fused-ring (bicyclic) bond motifs is 10. The highest BCUT2D eigenvalue weighted by molar-refractivity contribution is 6.16. The first-order valence-electron chi connectivity index (χ1n) is 22.1. The van der Waals surface area contributed by atoms with Gasteiger partial charge in [-0.25, -0.2) is 15.0 Å².